The molecule has 0 amide bonds. The molecule has 0 N–H and O–H groups in total. The van der Waals surface area contributed by atoms with Crippen LogP contribution in [-0.2, 0) is 0 Å². The molecule has 1 atom stereocenters. The van der Waals surface area contributed by atoms with Gasteiger partial charge < -0.3 is 0 Å². The Labute approximate surface area is 71.3 Å². The summed E-state index contributed by atoms with van der Waals surface area (Å²) in [5.41, 5.74) is 4.24. The Bertz CT molecular complexity index is 254. The summed E-state index contributed by atoms with van der Waals surface area (Å²) in [5, 5.41) is 1.38. The highest BCUT2D eigenvalue weighted by Gasteiger charge is 2.01. The predicted octanol–water partition coefficient (Wildman–Crippen LogP) is 3.43. The summed E-state index contributed by atoms with van der Waals surface area (Å²) in [7, 11) is 2.79. The summed E-state index contributed by atoms with van der Waals surface area (Å²) in [6.07, 6.45) is 5.57. The minimum absolute atomic E-state index is 1.10. The van der Waals surface area contributed by atoms with Crippen molar-refractivity contribution in [3.8, 4) is 0 Å². The van der Waals surface area contributed by atoms with Gasteiger partial charge >= 0.3 is 0 Å². The van der Waals surface area contributed by atoms with Gasteiger partial charge in [0.1, 0.15) is 0 Å². The zero-order valence-electron chi connectivity index (χ0n) is 7.44. The van der Waals surface area contributed by atoms with E-state index in [1.165, 1.54) is 22.0 Å². The van der Waals surface area contributed by atoms with Crippen molar-refractivity contribution in [3.05, 3.63) is 34.2 Å². The van der Waals surface area contributed by atoms with E-state index in [4.69, 9.17) is 0 Å². The molecule has 1 heteroatoms. The fraction of sp³-hybridized carbons (Fsp3) is 0.400. The van der Waals surface area contributed by atoms with Gasteiger partial charge in [-0.25, -0.2) is 0 Å². The second-order valence-corrected chi connectivity index (χ2v) is 3.99. The van der Waals surface area contributed by atoms with Crippen molar-refractivity contribution < 1.29 is 0 Å². The van der Waals surface area contributed by atoms with Gasteiger partial charge in [0.25, 0.3) is 0 Å². The lowest BCUT2D eigenvalue weighted by Crippen LogP contribution is -1.78. The molecule has 1 rings (SSSR count). The lowest BCUT2D eigenvalue weighted by molar-refractivity contribution is 1.16. The van der Waals surface area contributed by atoms with Gasteiger partial charge in [0, 0.05) is 0 Å². The van der Waals surface area contributed by atoms with Crippen LogP contribution in [0.25, 0.3) is 0 Å². The molecule has 0 aromatic rings. The summed E-state index contributed by atoms with van der Waals surface area (Å²) >= 11 is 0. The third-order valence-electron chi connectivity index (χ3n) is 2.00. The minimum Gasteiger partial charge on any atom is -0.110 e. The molecule has 60 valence electrons. The van der Waals surface area contributed by atoms with Crippen molar-refractivity contribution in [3.63, 3.8) is 0 Å². The number of hydrogen-bond acceptors (Lipinski definition) is 0. The lowest BCUT2D eigenvalue weighted by atomic mass is 10.1. The fourth-order valence-electron chi connectivity index (χ4n) is 1.30. The fourth-order valence-corrected chi connectivity index (χ4v) is 1.86. The molecular weight excluding hydrogens is 151 g/mol. The average molecular weight is 166 g/mol. The van der Waals surface area contributed by atoms with E-state index in [1.807, 2.05) is 0 Å². The maximum Gasteiger partial charge on any atom is -0.00648 e. The van der Waals surface area contributed by atoms with Crippen molar-refractivity contribution in [1.29, 1.82) is 0 Å². The third kappa shape index (κ3) is 2.31. The first-order valence-corrected chi connectivity index (χ1v) is 4.48. The quantitative estimate of drug-likeness (QED) is 0.483. The van der Waals surface area contributed by atoms with Gasteiger partial charge in [-0.15, -0.1) is 9.24 Å². The molecule has 0 nitrogen and oxygen atoms in total. The molecule has 0 heterocycles. The Balaban J connectivity index is 3.04. The van der Waals surface area contributed by atoms with Crippen molar-refractivity contribution in [2.45, 2.75) is 27.2 Å². The lowest BCUT2D eigenvalue weighted by Gasteiger charge is -2.00. The summed E-state index contributed by atoms with van der Waals surface area (Å²) < 4.78 is 0. The molecule has 1 aliphatic rings. The highest BCUT2D eigenvalue weighted by Crippen LogP contribution is 2.25. The Kier molecular flexibility index (Phi) is 2.67. The first-order valence-electron chi connectivity index (χ1n) is 3.90. The maximum atomic E-state index is 2.79. The zero-order chi connectivity index (χ0) is 8.43. The minimum atomic E-state index is 1.10. The van der Waals surface area contributed by atoms with Crippen molar-refractivity contribution in [1.82, 2.24) is 0 Å². The van der Waals surface area contributed by atoms with Crippen LogP contribution in [0.4, 0.5) is 0 Å². The summed E-state index contributed by atoms with van der Waals surface area (Å²) in [5.74, 6) is 0. The molecule has 1 aliphatic carbocycles. The highest BCUT2D eigenvalue weighted by molar-refractivity contribution is 7.22. The van der Waals surface area contributed by atoms with E-state index in [-0.39, 0.29) is 0 Å². The summed E-state index contributed by atoms with van der Waals surface area (Å²) in [4.78, 5) is 0. The van der Waals surface area contributed by atoms with E-state index in [0.717, 1.165) is 6.42 Å². The second-order valence-electron chi connectivity index (χ2n) is 3.25. The predicted molar refractivity (Wildman–Crippen MR) is 54.5 cm³/mol. The Morgan fingerprint density at radius 1 is 1.18 bits per heavy atom. The Hall–Kier alpha value is -0.350. The van der Waals surface area contributed by atoms with Crippen molar-refractivity contribution in [2.24, 2.45) is 0 Å². The third-order valence-corrected chi connectivity index (χ3v) is 2.37. The maximum absolute atomic E-state index is 2.79. The van der Waals surface area contributed by atoms with E-state index >= 15 is 0 Å². The van der Waals surface area contributed by atoms with Crippen LogP contribution in [0.5, 0.6) is 0 Å². The zero-order valence-corrected chi connectivity index (χ0v) is 8.59. The number of hydrogen-bond donors (Lipinski definition) is 0. The SMILES string of the molecule is CC1=CC(C)=C(C)CC(P)=C1. The Morgan fingerprint density at radius 2 is 1.82 bits per heavy atom. The van der Waals surface area contributed by atoms with Crippen LogP contribution in [0.1, 0.15) is 27.2 Å². The average Bonchev–Trinajstić information content (AvgIpc) is 1.93. The second kappa shape index (κ2) is 3.36. The molecule has 1 unspecified atom stereocenters. The van der Waals surface area contributed by atoms with Gasteiger partial charge in [0.15, 0.2) is 0 Å². The number of rotatable bonds is 0. The Morgan fingerprint density at radius 3 is 2.45 bits per heavy atom. The first-order chi connectivity index (χ1) is 5.09. The van der Waals surface area contributed by atoms with Crippen LogP contribution in [-0.4, -0.2) is 0 Å². The van der Waals surface area contributed by atoms with Gasteiger partial charge in [-0.1, -0.05) is 28.9 Å². The van der Waals surface area contributed by atoms with Crippen LogP contribution >= 0.6 is 9.24 Å². The van der Waals surface area contributed by atoms with Crippen molar-refractivity contribution in [2.75, 3.05) is 0 Å². The molecule has 0 saturated heterocycles. The molecule has 0 fully saturated rings. The van der Waals surface area contributed by atoms with Crippen LogP contribution in [0.15, 0.2) is 34.2 Å². The molecule has 0 saturated carbocycles. The monoisotopic (exact) mass is 166 g/mol. The molecule has 0 bridgehead atoms. The van der Waals surface area contributed by atoms with Gasteiger partial charge in [0.05, 0.1) is 0 Å². The molecule has 0 aliphatic heterocycles. The van der Waals surface area contributed by atoms with Gasteiger partial charge in [-0.2, -0.15) is 0 Å². The highest BCUT2D eigenvalue weighted by atomic mass is 31.0. The normalized spacial score (nSPS) is 19.3. The smallest absolute Gasteiger partial charge is 0.00648 e. The molecule has 11 heavy (non-hydrogen) atoms. The largest absolute Gasteiger partial charge is 0.110 e. The molecule has 0 radical (unpaired) electrons. The van der Waals surface area contributed by atoms with E-state index in [9.17, 15) is 0 Å². The standard InChI is InChI=1S/C10H15P/c1-7-4-8(2)9(3)6-10(11)5-7/h4-5H,6,11H2,1-3H3. The molecule has 0 aromatic carbocycles. The summed E-state index contributed by atoms with van der Waals surface area (Å²) in [6, 6.07) is 0. The van der Waals surface area contributed by atoms with E-state index in [1.54, 1.807) is 0 Å². The van der Waals surface area contributed by atoms with Crippen molar-refractivity contribution >= 4 is 9.24 Å². The van der Waals surface area contributed by atoms with Crippen LogP contribution in [0.2, 0.25) is 0 Å². The van der Waals surface area contributed by atoms with E-state index in [0.29, 0.717) is 0 Å². The van der Waals surface area contributed by atoms with Crippen LogP contribution in [0.3, 0.4) is 0 Å². The van der Waals surface area contributed by atoms with Crippen LogP contribution in [0, 0.1) is 0 Å². The molecular formula is C10H15P. The van der Waals surface area contributed by atoms with Gasteiger partial charge in [-0.3, -0.25) is 0 Å². The van der Waals surface area contributed by atoms with Crippen LogP contribution < -0.4 is 0 Å². The number of allylic oxidation sites excluding steroid dienone is 6. The van der Waals surface area contributed by atoms with Gasteiger partial charge in [-0.05, 0) is 32.5 Å². The first kappa shape index (κ1) is 8.74. The summed E-state index contributed by atoms with van der Waals surface area (Å²) in [6.45, 7) is 6.52. The molecule has 0 aromatic heterocycles. The molecule has 0 spiro atoms. The van der Waals surface area contributed by atoms with E-state index in [2.05, 4.69) is 42.2 Å². The van der Waals surface area contributed by atoms with E-state index < -0.39 is 0 Å². The van der Waals surface area contributed by atoms with Gasteiger partial charge in [0.2, 0.25) is 0 Å². The topological polar surface area (TPSA) is 0 Å².